The predicted octanol–water partition coefficient (Wildman–Crippen LogP) is 3.38. The molecule has 0 saturated carbocycles. The molecule has 15 heavy (non-hydrogen) atoms. The zero-order chi connectivity index (χ0) is 10.7. The van der Waals surface area contributed by atoms with Crippen LogP contribution in [0.4, 0.5) is 0 Å². The molecule has 1 aromatic heterocycles. The van der Waals surface area contributed by atoms with Gasteiger partial charge in [0.1, 0.15) is 0 Å². The third-order valence-electron chi connectivity index (χ3n) is 2.27. The molecule has 1 nitrogen and oxygen atoms in total. The Labute approximate surface area is 98.0 Å². The zero-order valence-corrected chi connectivity index (χ0v) is 9.74. The first-order valence-electron chi connectivity index (χ1n) is 4.71. The molecule has 2 aromatic rings. The fourth-order valence-electron chi connectivity index (χ4n) is 1.41. The molecule has 0 saturated heterocycles. The summed E-state index contributed by atoms with van der Waals surface area (Å²) in [5, 5.41) is 9.37. The third kappa shape index (κ3) is 2.40. The van der Waals surface area contributed by atoms with E-state index in [1.165, 1.54) is 11.1 Å². The van der Waals surface area contributed by atoms with E-state index in [4.69, 9.17) is 16.7 Å². The van der Waals surface area contributed by atoms with Crippen LogP contribution in [0.2, 0.25) is 0 Å². The van der Waals surface area contributed by atoms with Crippen molar-refractivity contribution in [2.45, 2.75) is 12.5 Å². The lowest BCUT2D eigenvalue weighted by molar-refractivity contribution is 0.285. The van der Waals surface area contributed by atoms with Gasteiger partial charge in [-0.2, -0.15) is 0 Å². The number of thiophene rings is 1. The molecule has 2 N–H and O–H groups in total. The van der Waals surface area contributed by atoms with Gasteiger partial charge < -0.3 is 5.11 Å². The summed E-state index contributed by atoms with van der Waals surface area (Å²) >= 11 is 7.37. The largest absolute Gasteiger partial charge is 0.441 e. The van der Waals surface area contributed by atoms with Gasteiger partial charge in [-0.3, -0.25) is 0 Å². The van der Waals surface area contributed by atoms with Crippen molar-refractivity contribution in [1.82, 2.24) is 0 Å². The van der Waals surface area contributed by atoms with Gasteiger partial charge in [0.25, 0.3) is 0 Å². The number of hydrogen-bond donors (Lipinski definition) is 0. The summed E-state index contributed by atoms with van der Waals surface area (Å²) in [5.41, 5.74) is 3.53. The Bertz CT molecular complexity index is 433. The van der Waals surface area contributed by atoms with Crippen LogP contribution in [-0.2, 0) is 12.5 Å². The number of alkyl halides is 1. The summed E-state index contributed by atoms with van der Waals surface area (Å²) in [6.07, 6.45) is 0. The van der Waals surface area contributed by atoms with Crippen LogP contribution < -0.4 is 0 Å². The van der Waals surface area contributed by atoms with Crippen molar-refractivity contribution >= 4 is 22.9 Å². The Balaban J connectivity index is 2.28. The second-order valence-corrected chi connectivity index (χ2v) is 4.57. The summed E-state index contributed by atoms with van der Waals surface area (Å²) < 4.78 is 0. The normalized spacial score (nSPS) is 10.5. The van der Waals surface area contributed by atoms with E-state index in [9.17, 15) is 0 Å². The van der Waals surface area contributed by atoms with Crippen LogP contribution in [0.15, 0.2) is 35.7 Å². The minimum atomic E-state index is 0.366. The van der Waals surface area contributed by atoms with Gasteiger partial charge in [0.05, 0.1) is 4.88 Å². The molecule has 78 valence electrons. The first-order valence-corrected chi connectivity index (χ1v) is 6.12. The Morgan fingerprint density at radius 3 is 2.40 bits per heavy atom. The van der Waals surface area contributed by atoms with Gasteiger partial charge >= 0.3 is 0 Å². The van der Waals surface area contributed by atoms with E-state index in [1.54, 1.807) is 11.3 Å². The number of rotatable bonds is 3. The van der Waals surface area contributed by atoms with E-state index in [1.807, 2.05) is 12.1 Å². The van der Waals surface area contributed by atoms with E-state index in [2.05, 4.69) is 23.6 Å². The van der Waals surface area contributed by atoms with Crippen molar-refractivity contribution < 1.29 is 5.11 Å². The van der Waals surface area contributed by atoms with Crippen LogP contribution in [-0.4, -0.2) is 5.11 Å². The van der Waals surface area contributed by atoms with E-state index in [-0.39, 0.29) is 0 Å². The molecule has 0 aliphatic rings. The number of halogens is 1. The maximum Gasteiger partial charge on any atom is 0.179 e. The first kappa shape index (κ1) is 10.7. The quantitative estimate of drug-likeness (QED) is 0.579. The Morgan fingerprint density at radius 2 is 1.87 bits per heavy atom. The van der Waals surface area contributed by atoms with Crippen molar-refractivity contribution in [2.75, 3.05) is 0 Å². The zero-order valence-electron chi connectivity index (χ0n) is 8.16. The summed E-state index contributed by atoms with van der Waals surface area (Å²) in [6.45, 7) is 0.366. The Morgan fingerprint density at radius 1 is 1.13 bits per heavy atom. The SMILES string of the molecule is [OH2+]Cc1cc(-c2ccc(CCl)cc2)cs1. The molecule has 1 heterocycles. The van der Waals surface area contributed by atoms with Crippen LogP contribution in [0.1, 0.15) is 10.4 Å². The predicted molar refractivity (Wildman–Crippen MR) is 66.6 cm³/mol. The highest BCUT2D eigenvalue weighted by Crippen LogP contribution is 2.26. The van der Waals surface area contributed by atoms with Gasteiger partial charge in [-0.15, -0.1) is 22.9 Å². The van der Waals surface area contributed by atoms with E-state index < -0.39 is 0 Å². The molecule has 0 aliphatic heterocycles. The van der Waals surface area contributed by atoms with Crippen molar-refractivity contribution in [3.05, 3.63) is 46.2 Å². The maximum atomic E-state index is 7.28. The van der Waals surface area contributed by atoms with Gasteiger partial charge in [0, 0.05) is 5.88 Å². The maximum absolute atomic E-state index is 7.28. The lowest BCUT2D eigenvalue weighted by Gasteiger charge is -1.98. The van der Waals surface area contributed by atoms with E-state index >= 15 is 0 Å². The fraction of sp³-hybridized carbons (Fsp3) is 0.167. The molecule has 1 aromatic carbocycles. The average molecular weight is 240 g/mol. The summed E-state index contributed by atoms with van der Waals surface area (Å²) in [5.74, 6) is 0.557. The Kier molecular flexibility index (Phi) is 3.41. The monoisotopic (exact) mass is 239 g/mol. The van der Waals surface area contributed by atoms with Crippen LogP contribution in [0.3, 0.4) is 0 Å². The second-order valence-electron chi connectivity index (χ2n) is 3.31. The molecule has 0 unspecified atom stereocenters. The van der Waals surface area contributed by atoms with Crippen LogP contribution in [0.5, 0.6) is 0 Å². The third-order valence-corrected chi connectivity index (χ3v) is 3.51. The number of benzene rings is 1. The lowest BCUT2D eigenvalue weighted by atomic mass is 10.1. The van der Waals surface area contributed by atoms with Gasteiger partial charge in [0.2, 0.25) is 0 Å². The molecule has 0 bridgehead atoms. The van der Waals surface area contributed by atoms with Gasteiger partial charge in [-0.1, -0.05) is 24.3 Å². The summed E-state index contributed by atoms with van der Waals surface area (Å²) in [7, 11) is 0. The fourth-order valence-corrected chi connectivity index (χ4v) is 2.35. The number of hydrogen-bond acceptors (Lipinski definition) is 1. The average Bonchev–Trinajstić information content (AvgIpc) is 2.78. The molecule has 3 heteroatoms. The van der Waals surface area contributed by atoms with E-state index in [0.29, 0.717) is 12.5 Å². The topological polar surface area (TPSA) is 22.9 Å². The highest BCUT2D eigenvalue weighted by Gasteiger charge is 2.02. The molecule has 2 rings (SSSR count). The summed E-state index contributed by atoms with van der Waals surface area (Å²) in [4.78, 5) is 1.10. The highest BCUT2D eigenvalue weighted by atomic mass is 35.5. The van der Waals surface area contributed by atoms with Crippen molar-refractivity contribution in [3.8, 4) is 11.1 Å². The lowest BCUT2D eigenvalue weighted by Crippen LogP contribution is -1.78. The first-order chi connectivity index (χ1) is 7.33. The molecule has 0 atom stereocenters. The molecular weight excluding hydrogens is 228 g/mol. The minimum absolute atomic E-state index is 0.366. The van der Waals surface area contributed by atoms with Gasteiger partial charge in [-0.25, -0.2) is 0 Å². The van der Waals surface area contributed by atoms with Crippen LogP contribution in [0, 0.1) is 0 Å². The van der Waals surface area contributed by atoms with Gasteiger partial charge in [-0.05, 0) is 28.1 Å². The molecular formula is C12H12ClOS+. The molecule has 0 spiro atoms. The Hall–Kier alpha value is -0.830. The van der Waals surface area contributed by atoms with Crippen molar-refractivity contribution in [1.29, 1.82) is 0 Å². The standard InChI is InChI=1S/C12H11ClOS/c13-6-9-1-3-10(4-2-9)11-5-12(7-14)15-8-11/h1-5,8,14H,6-7H2/p+1. The highest BCUT2D eigenvalue weighted by molar-refractivity contribution is 7.10. The van der Waals surface area contributed by atoms with Crippen LogP contribution in [0.25, 0.3) is 11.1 Å². The molecule has 0 aliphatic carbocycles. The molecule has 0 radical (unpaired) electrons. The minimum Gasteiger partial charge on any atom is -0.441 e. The summed E-state index contributed by atoms with van der Waals surface area (Å²) in [6, 6.07) is 10.3. The van der Waals surface area contributed by atoms with E-state index in [0.717, 1.165) is 10.4 Å². The smallest absolute Gasteiger partial charge is 0.179 e. The molecule has 0 amide bonds. The molecule has 0 fully saturated rings. The second kappa shape index (κ2) is 4.79. The van der Waals surface area contributed by atoms with Crippen LogP contribution >= 0.6 is 22.9 Å². The van der Waals surface area contributed by atoms with Crippen molar-refractivity contribution in [2.24, 2.45) is 0 Å². The van der Waals surface area contributed by atoms with Crippen molar-refractivity contribution in [3.63, 3.8) is 0 Å². The van der Waals surface area contributed by atoms with Gasteiger partial charge in [0.15, 0.2) is 6.61 Å².